The number of hydrogen-bond donors (Lipinski definition) is 6. The molecule has 10 heteroatoms. The quantitative estimate of drug-likeness (QED) is 0.271. The van der Waals surface area contributed by atoms with Crippen LogP contribution in [0.4, 0.5) is 0 Å². The van der Waals surface area contributed by atoms with Gasteiger partial charge in [0.05, 0.1) is 12.5 Å². The van der Waals surface area contributed by atoms with Gasteiger partial charge in [-0.15, -0.1) is 0 Å². The van der Waals surface area contributed by atoms with E-state index < -0.39 is 54.9 Å². The third kappa shape index (κ3) is 6.66. The van der Waals surface area contributed by atoms with Crippen molar-refractivity contribution in [1.29, 1.82) is 0 Å². The van der Waals surface area contributed by atoms with Crippen molar-refractivity contribution in [1.82, 2.24) is 10.6 Å². The summed E-state index contributed by atoms with van der Waals surface area (Å²) < 4.78 is 0. The van der Waals surface area contributed by atoms with Crippen molar-refractivity contribution in [2.24, 2.45) is 5.73 Å². The van der Waals surface area contributed by atoms with Gasteiger partial charge in [-0.2, -0.15) is 0 Å². The highest BCUT2D eigenvalue weighted by atomic mass is 16.4. The molecule has 0 aromatic carbocycles. The predicted octanol–water partition coefficient (Wildman–Crippen LogP) is -3.15. The Bertz CT molecular complexity index is 396. The van der Waals surface area contributed by atoms with Crippen molar-refractivity contribution in [3.8, 4) is 0 Å². The maximum Gasteiger partial charge on any atom is 0.322 e. The number of aliphatic carboxylic acids is 2. The molecule has 3 atom stereocenters. The number of aliphatic hydroxyl groups excluding tert-OH is 1. The van der Waals surface area contributed by atoms with E-state index in [0.717, 1.165) is 0 Å². The molecule has 20 heavy (non-hydrogen) atoms. The number of carbonyl (C=O) groups is 4. The summed E-state index contributed by atoms with van der Waals surface area (Å²) in [5.41, 5.74) is 5.33. The number of nitrogens with two attached hydrogens (primary N) is 1. The number of carboxylic acid groups (broad SMARTS) is 2. The van der Waals surface area contributed by atoms with Crippen LogP contribution < -0.4 is 16.4 Å². The van der Waals surface area contributed by atoms with Crippen molar-refractivity contribution < 1.29 is 34.5 Å². The summed E-state index contributed by atoms with van der Waals surface area (Å²) in [5.74, 6) is -4.58. The minimum Gasteiger partial charge on any atom is -0.481 e. The van der Waals surface area contributed by atoms with Gasteiger partial charge in [0.2, 0.25) is 11.8 Å². The average molecular weight is 291 g/mol. The number of rotatable bonds is 8. The maximum absolute atomic E-state index is 11.6. The number of amides is 2. The van der Waals surface area contributed by atoms with Crippen molar-refractivity contribution in [3.05, 3.63) is 0 Å². The monoisotopic (exact) mass is 291 g/mol. The van der Waals surface area contributed by atoms with Crippen molar-refractivity contribution in [2.75, 3.05) is 6.54 Å². The van der Waals surface area contributed by atoms with E-state index in [2.05, 4.69) is 0 Å². The molecule has 0 heterocycles. The fourth-order valence-electron chi connectivity index (χ4n) is 1.16. The average Bonchev–Trinajstić information content (AvgIpc) is 2.33. The van der Waals surface area contributed by atoms with E-state index in [-0.39, 0.29) is 0 Å². The minimum absolute atomic E-state index is 0.715. The Morgan fingerprint density at radius 3 is 2.05 bits per heavy atom. The van der Waals surface area contributed by atoms with E-state index in [1.54, 1.807) is 0 Å². The maximum atomic E-state index is 11.6. The van der Waals surface area contributed by atoms with Crippen LogP contribution in [0.3, 0.4) is 0 Å². The van der Waals surface area contributed by atoms with Gasteiger partial charge in [0.1, 0.15) is 18.6 Å². The summed E-state index contributed by atoms with van der Waals surface area (Å²) in [6.45, 7) is 0.536. The molecule has 0 bridgehead atoms. The van der Waals surface area contributed by atoms with Crippen LogP contribution in [0.2, 0.25) is 0 Å². The van der Waals surface area contributed by atoms with E-state index in [4.69, 9.17) is 21.1 Å². The predicted molar refractivity (Wildman–Crippen MR) is 64.5 cm³/mol. The number of carboxylic acids is 2. The highest BCUT2D eigenvalue weighted by Crippen LogP contribution is 1.96. The smallest absolute Gasteiger partial charge is 0.322 e. The first-order chi connectivity index (χ1) is 9.15. The molecule has 0 spiro atoms. The van der Waals surface area contributed by atoms with E-state index in [1.807, 2.05) is 10.6 Å². The van der Waals surface area contributed by atoms with Crippen LogP contribution in [-0.4, -0.2) is 63.8 Å². The fourth-order valence-corrected chi connectivity index (χ4v) is 1.16. The number of hydrogen-bond acceptors (Lipinski definition) is 6. The molecule has 0 rings (SSSR count). The van der Waals surface area contributed by atoms with Crippen molar-refractivity contribution in [2.45, 2.75) is 31.5 Å². The van der Waals surface area contributed by atoms with Crippen LogP contribution in [0.25, 0.3) is 0 Å². The second kappa shape index (κ2) is 8.07. The van der Waals surface area contributed by atoms with Gasteiger partial charge >= 0.3 is 11.9 Å². The lowest BCUT2D eigenvalue weighted by Crippen LogP contribution is -2.55. The Morgan fingerprint density at radius 2 is 1.65 bits per heavy atom. The lowest BCUT2D eigenvalue weighted by atomic mass is 10.1. The minimum atomic E-state index is -1.48. The molecule has 7 N–H and O–H groups in total. The molecular formula is C10H17N3O7. The molecule has 2 amide bonds. The standard InChI is InChI=1S/C10H17N3O7/c1-4(14)8(11)10(20)13-5(2-6(15)16)9(19)12-3-7(17)18/h4-5,8,14H,2-3,11H2,1H3,(H,12,19)(H,13,20)(H,15,16)(H,17,18). The molecule has 10 nitrogen and oxygen atoms in total. The molecule has 0 saturated carbocycles. The molecule has 0 aromatic heterocycles. The van der Waals surface area contributed by atoms with E-state index in [9.17, 15) is 19.2 Å². The Hall–Kier alpha value is -2.20. The summed E-state index contributed by atoms with van der Waals surface area (Å²) in [6.07, 6.45) is -1.94. The van der Waals surface area contributed by atoms with Gasteiger partial charge < -0.3 is 31.7 Å². The van der Waals surface area contributed by atoms with Crippen LogP contribution in [0, 0.1) is 0 Å². The third-order valence-electron chi connectivity index (χ3n) is 2.25. The Kier molecular flexibility index (Phi) is 7.18. The highest BCUT2D eigenvalue weighted by molar-refractivity contribution is 5.93. The molecule has 0 aliphatic rings. The van der Waals surface area contributed by atoms with E-state index in [0.29, 0.717) is 0 Å². The summed E-state index contributed by atoms with van der Waals surface area (Å²) in [6, 6.07) is -2.82. The van der Waals surface area contributed by atoms with Crippen LogP contribution in [-0.2, 0) is 19.2 Å². The molecule has 3 unspecified atom stereocenters. The molecule has 0 radical (unpaired) electrons. The third-order valence-corrected chi connectivity index (χ3v) is 2.25. The Labute approximate surface area is 113 Å². The van der Waals surface area contributed by atoms with Crippen molar-refractivity contribution >= 4 is 23.8 Å². The first kappa shape index (κ1) is 17.8. The van der Waals surface area contributed by atoms with Gasteiger partial charge in [0.25, 0.3) is 0 Å². The van der Waals surface area contributed by atoms with Gasteiger partial charge in [0, 0.05) is 0 Å². The summed E-state index contributed by atoms with van der Waals surface area (Å²) >= 11 is 0. The van der Waals surface area contributed by atoms with Gasteiger partial charge in [-0.05, 0) is 6.92 Å². The molecule has 0 fully saturated rings. The molecule has 0 aromatic rings. The fraction of sp³-hybridized carbons (Fsp3) is 0.600. The van der Waals surface area contributed by atoms with Gasteiger partial charge in [0.15, 0.2) is 0 Å². The van der Waals surface area contributed by atoms with E-state index in [1.165, 1.54) is 6.92 Å². The summed E-state index contributed by atoms with van der Waals surface area (Å²) in [7, 11) is 0. The normalized spacial score (nSPS) is 14.8. The molecule has 0 saturated heterocycles. The molecule has 0 aliphatic carbocycles. The Morgan fingerprint density at radius 1 is 1.10 bits per heavy atom. The zero-order valence-electron chi connectivity index (χ0n) is 10.7. The topological polar surface area (TPSA) is 179 Å². The number of aliphatic hydroxyl groups is 1. The zero-order chi connectivity index (χ0) is 15.9. The Balaban J connectivity index is 4.71. The van der Waals surface area contributed by atoms with Crippen LogP contribution in [0.1, 0.15) is 13.3 Å². The van der Waals surface area contributed by atoms with Gasteiger partial charge in [-0.3, -0.25) is 19.2 Å². The highest BCUT2D eigenvalue weighted by Gasteiger charge is 2.27. The molecule has 0 aliphatic heterocycles. The van der Waals surface area contributed by atoms with Crippen LogP contribution in [0.5, 0.6) is 0 Å². The second-order valence-electron chi connectivity index (χ2n) is 4.04. The number of nitrogens with one attached hydrogen (secondary N) is 2. The first-order valence-electron chi connectivity index (χ1n) is 5.60. The lowest BCUT2D eigenvalue weighted by Gasteiger charge is -2.20. The summed E-state index contributed by atoms with van der Waals surface area (Å²) in [5, 5.41) is 30.1. The molecule has 114 valence electrons. The summed E-state index contributed by atoms with van der Waals surface area (Å²) in [4.78, 5) is 44.0. The van der Waals surface area contributed by atoms with E-state index >= 15 is 0 Å². The zero-order valence-corrected chi connectivity index (χ0v) is 10.7. The van der Waals surface area contributed by atoms with Crippen molar-refractivity contribution in [3.63, 3.8) is 0 Å². The van der Waals surface area contributed by atoms with Gasteiger partial charge in [-0.1, -0.05) is 0 Å². The largest absolute Gasteiger partial charge is 0.481 e. The van der Waals surface area contributed by atoms with Crippen LogP contribution in [0.15, 0.2) is 0 Å². The number of carbonyl (C=O) groups excluding carboxylic acids is 2. The molecular weight excluding hydrogens is 274 g/mol. The van der Waals surface area contributed by atoms with Crippen LogP contribution >= 0.6 is 0 Å². The first-order valence-corrected chi connectivity index (χ1v) is 5.60. The second-order valence-corrected chi connectivity index (χ2v) is 4.04. The SMILES string of the molecule is CC(O)C(N)C(=O)NC(CC(=O)O)C(=O)NCC(=O)O. The lowest BCUT2D eigenvalue weighted by molar-refractivity contribution is -0.141. The van der Waals surface area contributed by atoms with Gasteiger partial charge in [-0.25, -0.2) is 0 Å².